The van der Waals surface area contributed by atoms with Gasteiger partial charge in [-0.2, -0.15) is 0 Å². The molecule has 0 bridgehead atoms. The van der Waals surface area contributed by atoms with Crippen molar-refractivity contribution in [1.82, 2.24) is 9.97 Å². The van der Waals surface area contributed by atoms with E-state index in [0.717, 1.165) is 18.3 Å². The summed E-state index contributed by atoms with van der Waals surface area (Å²) in [4.78, 5) is 18.8. The first-order valence-electron chi connectivity index (χ1n) is 4.71. The summed E-state index contributed by atoms with van der Waals surface area (Å²) in [5.74, 6) is -0.123. The molecule has 0 radical (unpaired) electrons. The molecule has 16 heavy (non-hydrogen) atoms. The van der Waals surface area contributed by atoms with Crippen molar-refractivity contribution in [1.29, 1.82) is 0 Å². The van der Waals surface area contributed by atoms with Crippen molar-refractivity contribution < 1.29 is 9.90 Å². The number of nitrogens with zero attached hydrogens (tertiary/aromatic N) is 1. The summed E-state index contributed by atoms with van der Waals surface area (Å²) < 4.78 is 0. The van der Waals surface area contributed by atoms with E-state index in [1.807, 2.05) is 17.5 Å². The second-order valence-corrected chi connectivity index (χ2v) is 4.25. The van der Waals surface area contributed by atoms with Crippen LogP contribution in [-0.4, -0.2) is 21.0 Å². The Labute approximate surface area is 96.3 Å². The van der Waals surface area contributed by atoms with Crippen LogP contribution < -0.4 is 0 Å². The first-order valence-corrected chi connectivity index (χ1v) is 5.59. The van der Waals surface area contributed by atoms with E-state index in [1.165, 1.54) is 11.0 Å². The number of aromatic nitrogens is 2. The first-order chi connectivity index (χ1) is 7.74. The van der Waals surface area contributed by atoms with E-state index in [4.69, 9.17) is 5.11 Å². The highest BCUT2D eigenvalue weighted by Gasteiger charge is 2.01. The fourth-order valence-corrected chi connectivity index (χ4v) is 2.00. The average molecular weight is 234 g/mol. The lowest BCUT2D eigenvalue weighted by molar-refractivity contribution is -0.131. The molecule has 0 atom stereocenters. The van der Waals surface area contributed by atoms with Crippen LogP contribution in [0.3, 0.4) is 0 Å². The van der Waals surface area contributed by atoms with Crippen molar-refractivity contribution in [3.05, 3.63) is 46.2 Å². The van der Waals surface area contributed by atoms with E-state index in [2.05, 4.69) is 9.97 Å². The second kappa shape index (κ2) is 4.76. The molecular formula is C11H10N2O2S. The molecule has 0 aromatic carbocycles. The van der Waals surface area contributed by atoms with Crippen LogP contribution in [0.4, 0.5) is 0 Å². The Kier molecular flexibility index (Phi) is 3.16. The van der Waals surface area contributed by atoms with Crippen LogP contribution in [0.5, 0.6) is 0 Å². The third-order valence-corrected chi connectivity index (χ3v) is 2.85. The molecular weight excluding hydrogens is 224 g/mol. The smallest absolute Gasteiger partial charge is 0.328 e. The number of carbonyl (C=O) groups is 1. The summed E-state index contributed by atoms with van der Waals surface area (Å²) in [5.41, 5.74) is 0.703. The zero-order chi connectivity index (χ0) is 11.4. The van der Waals surface area contributed by atoms with E-state index in [-0.39, 0.29) is 0 Å². The van der Waals surface area contributed by atoms with Crippen molar-refractivity contribution in [3.63, 3.8) is 0 Å². The summed E-state index contributed by atoms with van der Waals surface area (Å²) in [7, 11) is 0. The maximum atomic E-state index is 10.3. The predicted molar refractivity (Wildman–Crippen MR) is 62.4 cm³/mol. The molecule has 0 amide bonds. The summed E-state index contributed by atoms with van der Waals surface area (Å²) in [5, 5.41) is 10.5. The number of imidazole rings is 1. The molecule has 0 spiro atoms. The maximum Gasteiger partial charge on any atom is 0.328 e. The Bertz CT molecular complexity index is 500. The van der Waals surface area contributed by atoms with E-state index in [1.54, 1.807) is 17.5 Å². The molecule has 5 heteroatoms. The Morgan fingerprint density at radius 3 is 3.19 bits per heavy atom. The lowest BCUT2D eigenvalue weighted by Crippen LogP contribution is -1.88. The average Bonchev–Trinajstić information content (AvgIpc) is 2.87. The van der Waals surface area contributed by atoms with Crippen molar-refractivity contribution in [3.8, 4) is 0 Å². The van der Waals surface area contributed by atoms with Crippen LogP contribution in [0.25, 0.3) is 6.08 Å². The predicted octanol–water partition coefficient (Wildman–Crippen LogP) is 2.16. The Hall–Kier alpha value is -1.88. The number of hydrogen-bond donors (Lipinski definition) is 2. The van der Waals surface area contributed by atoms with Crippen molar-refractivity contribution in [2.75, 3.05) is 0 Å². The monoisotopic (exact) mass is 234 g/mol. The van der Waals surface area contributed by atoms with Crippen LogP contribution in [0.2, 0.25) is 0 Å². The second-order valence-electron chi connectivity index (χ2n) is 3.21. The molecule has 2 heterocycles. The van der Waals surface area contributed by atoms with Crippen molar-refractivity contribution in [2.45, 2.75) is 6.42 Å². The molecule has 2 rings (SSSR count). The van der Waals surface area contributed by atoms with Gasteiger partial charge in [-0.05, 0) is 17.5 Å². The number of aliphatic carboxylic acids is 1. The molecule has 0 fully saturated rings. The highest BCUT2D eigenvalue weighted by Crippen LogP contribution is 2.13. The summed E-state index contributed by atoms with van der Waals surface area (Å²) >= 11 is 1.67. The molecule has 2 aromatic heterocycles. The lowest BCUT2D eigenvalue weighted by atomic mass is 10.3. The van der Waals surface area contributed by atoms with Gasteiger partial charge in [0.1, 0.15) is 5.82 Å². The highest BCUT2D eigenvalue weighted by molar-refractivity contribution is 7.09. The van der Waals surface area contributed by atoms with Gasteiger partial charge in [0.15, 0.2) is 0 Å². The molecule has 0 aliphatic rings. The maximum absolute atomic E-state index is 10.3. The minimum atomic E-state index is -0.964. The number of rotatable bonds is 4. The van der Waals surface area contributed by atoms with Crippen LogP contribution >= 0.6 is 11.3 Å². The molecule has 4 nitrogen and oxygen atoms in total. The number of hydrogen-bond acceptors (Lipinski definition) is 3. The van der Waals surface area contributed by atoms with E-state index in [0.29, 0.717) is 5.69 Å². The van der Waals surface area contributed by atoms with Gasteiger partial charge in [0.2, 0.25) is 0 Å². The Morgan fingerprint density at radius 1 is 1.62 bits per heavy atom. The van der Waals surface area contributed by atoms with Gasteiger partial charge < -0.3 is 10.1 Å². The van der Waals surface area contributed by atoms with E-state index in [9.17, 15) is 4.79 Å². The van der Waals surface area contributed by atoms with Gasteiger partial charge in [-0.15, -0.1) is 11.3 Å². The van der Waals surface area contributed by atoms with Crippen LogP contribution in [0, 0.1) is 0 Å². The standard InChI is InChI=1S/C11H10N2O2S/c14-11(15)4-3-8-7-12-10(13-8)6-9-2-1-5-16-9/h1-5,7H,6H2,(H,12,13)(H,14,15). The number of aromatic amines is 1. The fraction of sp³-hybridized carbons (Fsp3) is 0.0909. The summed E-state index contributed by atoms with van der Waals surface area (Å²) in [6.45, 7) is 0. The van der Waals surface area contributed by atoms with Gasteiger partial charge in [-0.1, -0.05) is 6.07 Å². The molecule has 82 valence electrons. The van der Waals surface area contributed by atoms with Gasteiger partial charge in [-0.25, -0.2) is 9.78 Å². The van der Waals surface area contributed by atoms with E-state index < -0.39 is 5.97 Å². The van der Waals surface area contributed by atoms with Crippen LogP contribution in [-0.2, 0) is 11.2 Å². The summed E-state index contributed by atoms with van der Waals surface area (Å²) in [6.07, 6.45) is 4.96. The number of nitrogens with one attached hydrogen (secondary N) is 1. The van der Waals surface area contributed by atoms with Gasteiger partial charge in [0, 0.05) is 17.4 Å². The van der Waals surface area contributed by atoms with Gasteiger partial charge >= 0.3 is 5.97 Å². The third-order valence-electron chi connectivity index (χ3n) is 1.98. The largest absolute Gasteiger partial charge is 0.478 e. The minimum Gasteiger partial charge on any atom is -0.478 e. The molecule has 0 saturated carbocycles. The number of thiophene rings is 1. The molecule has 2 aromatic rings. The minimum absolute atomic E-state index is 0.703. The zero-order valence-corrected chi connectivity index (χ0v) is 9.20. The number of H-pyrrole nitrogens is 1. The molecule has 0 aliphatic carbocycles. The SMILES string of the molecule is O=C(O)C=Cc1cnc(Cc2cccs2)[nH]1. The van der Waals surface area contributed by atoms with Gasteiger partial charge in [0.05, 0.1) is 11.9 Å². The van der Waals surface area contributed by atoms with E-state index >= 15 is 0 Å². The van der Waals surface area contributed by atoms with Crippen LogP contribution in [0.1, 0.15) is 16.4 Å². The molecule has 2 N–H and O–H groups in total. The number of carboxylic acid groups (broad SMARTS) is 1. The van der Waals surface area contributed by atoms with Crippen molar-refractivity contribution in [2.24, 2.45) is 0 Å². The molecule has 0 aliphatic heterocycles. The third kappa shape index (κ3) is 2.80. The fourth-order valence-electron chi connectivity index (χ4n) is 1.29. The zero-order valence-electron chi connectivity index (χ0n) is 8.38. The number of carboxylic acids is 1. The topological polar surface area (TPSA) is 66.0 Å². The quantitative estimate of drug-likeness (QED) is 0.797. The first kappa shape index (κ1) is 10.6. The molecule has 0 unspecified atom stereocenters. The van der Waals surface area contributed by atoms with Gasteiger partial charge in [0.25, 0.3) is 0 Å². The highest BCUT2D eigenvalue weighted by atomic mass is 32.1. The van der Waals surface area contributed by atoms with Crippen LogP contribution in [0.15, 0.2) is 29.8 Å². The summed E-state index contributed by atoms with van der Waals surface area (Å²) in [6, 6.07) is 4.04. The normalized spacial score (nSPS) is 11.0. The lowest BCUT2D eigenvalue weighted by Gasteiger charge is -1.91. The Balaban J connectivity index is 2.05. The van der Waals surface area contributed by atoms with Gasteiger partial charge in [-0.3, -0.25) is 0 Å². The molecule has 0 saturated heterocycles. The Morgan fingerprint density at radius 2 is 2.50 bits per heavy atom. The van der Waals surface area contributed by atoms with Crippen molar-refractivity contribution >= 4 is 23.4 Å².